The minimum Gasteiger partial charge on any atom is -0.313 e. The van der Waals surface area contributed by atoms with E-state index >= 15 is 0 Å². The molecule has 0 saturated carbocycles. The van der Waals surface area contributed by atoms with E-state index in [4.69, 9.17) is 0 Å². The van der Waals surface area contributed by atoms with Crippen molar-refractivity contribution in [2.45, 2.75) is 26.8 Å². The van der Waals surface area contributed by atoms with Crippen molar-refractivity contribution in [3.05, 3.63) is 53.6 Å². The van der Waals surface area contributed by atoms with Crippen molar-refractivity contribution in [3.63, 3.8) is 0 Å². The van der Waals surface area contributed by atoms with E-state index in [-0.39, 0.29) is 5.82 Å². The molecule has 0 amide bonds. The highest BCUT2D eigenvalue weighted by Crippen LogP contribution is 2.24. The zero-order valence-electron chi connectivity index (χ0n) is 11.4. The van der Waals surface area contributed by atoms with Gasteiger partial charge in [-0.15, -0.1) is 0 Å². The molecule has 3 heteroatoms. The quantitative estimate of drug-likeness (QED) is 0.827. The standard InChI is InChI=1S/C16H19FN2/c1-3-8-18-10-13-6-7-15(17)9-16(13)14-5-4-12(2)19-11-14/h4-7,9,11,18H,3,8,10H2,1-2H3. The van der Waals surface area contributed by atoms with Gasteiger partial charge in [0, 0.05) is 24.0 Å². The van der Waals surface area contributed by atoms with E-state index in [9.17, 15) is 4.39 Å². The normalized spacial score (nSPS) is 10.7. The lowest BCUT2D eigenvalue weighted by Crippen LogP contribution is -2.14. The number of halogens is 1. The van der Waals surface area contributed by atoms with Crippen LogP contribution in [-0.2, 0) is 6.54 Å². The molecule has 100 valence electrons. The molecule has 0 saturated heterocycles. The first-order chi connectivity index (χ1) is 9.20. The molecule has 2 nitrogen and oxygen atoms in total. The number of rotatable bonds is 5. The average Bonchev–Trinajstić information content (AvgIpc) is 2.41. The molecular weight excluding hydrogens is 239 g/mol. The molecular formula is C16H19FN2. The van der Waals surface area contributed by atoms with E-state index < -0.39 is 0 Å². The second-order valence-electron chi connectivity index (χ2n) is 4.67. The highest BCUT2D eigenvalue weighted by molar-refractivity contribution is 5.66. The molecule has 0 aliphatic carbocycles. The van der Waals surface area contributed by atoms with Gasteiger partial charge in [0.1, 0.15) is 5.82 Å². The number of pyridine rings is 1. The number of aryl methyl sites for hydroxylation is 1. The largest absolute Gasteiger partial charge is 0.313 e. The van der Waals surface area contributed by atoms with Crippen LogP contribution in [0, 0.1) is 12.7 Å². The third-order valence-corrected chi connectivity index (χ3v) is 3.04. The molecule has 1 heterocycles. The van der Waals surface area contributed by atoms with Crippen molar-refractivity contribution in [1.29, 1.82) is 0 Å². The summed E-state index contributed by atoms with van der Waals surface area (Å²) in [5, 5.41) is 3.35. The molecule has 0 spiro atoms. The molecule has 0 fully saturated rings. The SMILES string of the molecule is CCCNCc1ccc(F)cc1-c1ccc(C)nc1. The van der Waals surface area contributed by atoms with Crippen LogP contribution in [0.5, 0.6) is 0 Å². The van der Waals surface area contributed by atoms with Crippen LogP contribution in [0.15, 0.2) is 36.5 Å². The van der Waals surface area contributed by atoms with Crippen molar-refractivity contribution in [2.75, 3.05) is 6.54 Å². The van der Waals surface area contributed by atoms with Crippen molar-refractivity contribution in [3.8, 4) is 11.1 Å². The Morgan fingerprint density at radius 1 is 1.21 bits per heavy atom. The molecule has 0 atom stereocenters. The summed E-state index contributed by atoms with van der Waals surface area (Å²) in [7, 11) is 0. The van der Waals surface area contributed by atoms with Crippen LogP contribution in [0.2, 0.25) is 0 Å². The average molecular weight is 258 g/mol. The van der Waals surface area contributed by atoms with Gasteiger partial charge in [-0.3, -0.25) is 4.98 Å². The molecule has 19 heavy (non-hydrogen) atoms. The van der Waals surface area contributed by atoms with Gasteiger partial charge in [0.15, 0.2) is 0 Å². The maximum atomic E-state index is 13.5. The fourth-order valence-corrected chi connectivity index (χ4v) is 2.00. The fourth-order valence-electron chi connectivity index (χ4n) is 2.00. The van der Waals surface area contributed by atoms with Gasteiger partial charge < -0.3 is 5.32 Å². The predicted molar refractivity (Wildman–Crippen MR) is 76.4 cm³/mol. The summed E-state index contributed by atoms with van der Waals surface area (Å²) < 4.78 is 13.5. The van der Waals surface area contributed by atoms with E-state index in [1.165, 1.54) is 6.07 Å². The number of aromatic nitrogens is 1. The van der Waals surface area contributed by atoms with Gasteiger partial charge in [-0.05, 0) is 49.2 Å². The fraction of sp³-hybridized carbons (Fsp3) is 0.312. The topological polar surface area (TPSA) is 24.9 Å². The molecule has 0 aliphatic rings. The van der Waals surface area contributed by atoms with Gasteiger partial charge in [-0.25, -0.2) is 4.39 Å². The van der Waals surface area contributed by atoms with Gasteiger partial charge in [0.05, 0.1) is 0 Å². The Bertz CT molecular complexity index is 535. The number of nitrogens with zero attached hydrogens (tertiary/aromatic N) is 1. The lowest BCUT2D eigenvalue weighted by atomic mass is 10.0. The van der Waals surface area contributed by atoms with E-state index in [0.717, 1.165) is 41.9 Å². The smallest absolute Gasteiger partial charge is 0.123 e. The Morgan fingerprint density at radius 3 is 2.74 bits per heavy atom. The Kier molecular flexibility index (Phi) is 4.63. The van der Waals surface area contributed by atoms with Gasteiger partial charge in [-0.1, -0.05) is 19.1 Å². The molecule has 2 aromatic rings. The second-order valence-corrected chi connectivity index (χ2v) is 4.67. The van der Waals surface area contributed by atoms with Gasteiger partial charge in [0.2, 0.25) is 0 Å². The summed E-state index contributed by atoms with van der Waals surface area (Å²) in [5.41, 5.74) is 3.93. The Hall–Kier alpha value is -1.74. The van der Waals surface area contributed by atoms with Crippen molar-refractivity contribution >= 4 is 0 Å². The van der Waals surface area contributed by atoms with E-state index in [2.05, 4.69) is 17.2 Å². The molecule has 1 aromatic carbocycles. The minimum atomic E-state index is -0.213. The zero-order valence-corrected chi connectivity index (χ0v) is 11.4. The summed E-state index contributed by atoms with van der Waals surface area (Å²) in [6.07, 6.45) is 2.88. The zero-order chi connectivity index (χ0) is 13.7. The maximum Gasteiger partial charge on any atom is 0.123 e. The minimum absolute atomic E-state index is 0.213. The lowest BCUT2D eigenvalue weighted by molar-refractivity contribution is 0.625. The molecule has 1 N–H and O–H groups in total. The van der Waals surface area contributed by atoms with Crippen molar-refractivity contribution < 1.29 is 4.39 Å². The van der Waals surface area contributed by atoms with Crippen molar-refractivity contribution in [2.24, 2.45) is 0 Å². The third-order valence-electron chi connectivity index (χ3n) is 3.04. The van der Waals surface area contributed by atoms with Crippen LogP contribution < -0.4 is 5.32 Å². The monoisotopic (exact) mass is 258 g/mol. The Morgan fingerprint density at radius 2 is 2.05 bits per heavy atom. The molecule has 0 unspecified atom stereocenters. The number of nitrogens with one attached hydrogen (secondary N) is 1. The van der Waals surface area contributed by atoms with Crippen LogP contribution in [0.3, 0.4) is 0 Å². The highest BCUT2D eigenvalue weighted by atomic mass is 19.1. The Balaban J connectivity index is 2.31. The summed E-state index contributed by atoms with van der Waals surface area (Å²) >= 11 is 0. The van der Waals surface area contributed by atoms with Crippen LogP contribution >= 0.6 is 0 Å². The predicted octanol–water partition coefficient (Wildman–Crippen LogP) is 3.70. The van der Waals surface area contributed by atoms with Crippen LogP contribution in [0.1, 0.15) is 24.6 Å². The molecule has 0 radical (unpaired) electrons. The first-order valence-electron chi connectivity index (χ1n) is 6.63. The molecule has 2 rings (SSSR count). The van der Waals surface area contributed by atoms with Crippen LogP contribution in [0.4, 0.5) is 4.39 Å². The van der Waals surface area contributed by atoms with Crippen LogP contribution in [-0.4, -0.2) is 11.5 Å². The number of hydrogen-bond acceptors (Lipinski definition) is 2. The maximum absolute atomic E-state index is 13.5. The third kappa shape index (κ3) is 3.61. The number of hydrogen-bond donors (Lipinski definition) is 1. The van der Waals surface area contributed by atoms with E-state index in [1.54, 1.807) is 12.3 Å². The van der Waals surface area contributed by atoms with Crippen LogP contribution in [0.25, 0.3) is 11.1 Å². The first-order valence-corrected chi connectivity index (χ1v) is 6.63. The van der Waals surface area contributed by atoms with E-state index in [1.807, 2.05) is 25.1 Å². The summed E-state index contributed by atoms with van der Waals surface area (Å²) in [6.45, 7) is 5.78. The van der Waals surface area contributed by atoms with Gasteiger partial charge >= 0.3 is 0 Å². The van der Waals surface area contributed by atoms with Gasteiger partial charge in [0.25, 0.3) is 0 Å². The molecule has 0 aliphatic heterocycles. The molecule has 0 bridgehead atoms. The Labute approximate surface area is 113 Å². The summed E-state index contributed by atoms with van der Waals surface area (Å²) in [6, 6.07) is 8.86. The van der Waals surface area contributed by atoms with Gasteiger partial charge in [-0.2, -0.15) is 0 Å². The molecule has 1 aromatic heterocycles. The summed E-state index contributed by atoms with van der Waals surface area (Å²) in [5.74, 6) is -0.213. The second kappa shape index (κ2) is 6.43. The van der Waals surface area contributed by atoms with Crippen molar-refractivity contribution in [1.82, 2.24) is 10.3 Å². The van der Waals surface area contributed by atoms with E-state index in [0.29, 0.717) is 0 Å². The lowest BCUT2D eigenvalue weighted by Gasteiger charge is -2.11. The first kappa shape index (κ1) is 13.7. The summed E-state index contributed by atoms with van der Waals surface area (Å²) in [4.78, 5) is 4.28. The number of benzene rings is 1. The highest BCUT2D eigenvalue weighted by Gasteiger charge is 2.07.